The lowest BCUT2D eigenvalue weighted by molar-refractivity contribution is 0.0942. The first-order valence-electron chi connectivity index (χ1n) is 5.74. The summed E-state index contributed by atoms with van der Waals surface area (Å²) < 4.78 is 0. The molecule has 1 aliphatic rings. The van der Waals surface area contributed by atoms with Crippen molar-refractivity contribution in [3.8, 4) is 0 Å². The second-order valence-corrected chi connectivity index (χ2v) is 4.00. The highest BCUT2D eigenvalue weighted by atomic mass is 16.2. The van der Waals surface area contributed by atoms with Crippen LogP contribution in [-0.2, 0) is 0 Å². The maximum absolute atomic E-state index is 11.6. The second-order valence-electron chi connectivity index (χ2n) is 4.00. The van der Waals surface area contributed by atoms with E-state index in [2.05, 4.69) is 25.5 Å². The highest BCUT2D eigenvalue weighted by Gasteiger charge is 2.10. The van der Waals surface area contributed by atoms with Crippen LogP contribution in [0.4, 0.5) is 0 Å². The maximum atomic E-state index is 11.6. The SMILES string of the molecule is O=C(NCCN1CCNCC1)c1c[nH]c(=O)[nH]1. The number of amides is 1. The lowest BCUT2D eigenvalue weighted by Crippen LogP contribution is -2.46. The lowest BCUT2D eigenvalue weighted by atomic mass is 10.3. The standard InChI is InChI=1S/C10H17N5O2/c16-9(8-7-13-10(17)14-8)12-3-6-15-4-1-11-2-5-15/h7,11H,1-6H2,(H,12,16)(H2,13,14,17). The van der Waals surface area contributed by atoms with Crippen LogP contribution in [0.5, 0.6) is 0 Å². The van der Waals surface area contributed by atoms with Gasteiger partial charge in [-0.1, -0.05) is 0 Å². The molecule has 0 saturated carbocycles. The Kier molecular flexibility index (Phi) is 3.94. The Morgan fingerprint density at radius 1 is 1.41 bits per heavy atom. The molecule has 17 heavy (non-hydrogen) atoms. The van der Waals surface area contributed by atoms with Gasteiger partial charge in [0.2, 0.25) is 0 Å². The van der Waals surface area contributed by atoms with E-state index in [4.69, 9.17) is 0 Å². The Morgan fingerprint density at radius 3 is 2.82 bits per heavy atom. The first-order chi connectivity index (χ1) is 8.25. The molecule has 4 N–H and O–H groups in total. The zero-order chi connectivity index (χ0) is 12.1. The minimum Gasteiger partial charge on any atom is -0.349 e. The van der Waals surface area contributed by atoms with Crippen molar-refractivity contribution in [1.82, 2.24) is 25.5 Å². The van der Waals surface area contributed by atoms with Gasteiger partial charge < -0.3 is 20.6 Å². The number of nitrogens with one attached hydrogen (secondary N) is 4. The fourth-order valence-corrected chi connectivity index (χ4v) is 1.81. The van der Waals surface area contributed by atoms with E-state index in [-0.39, 0.29) is 17.3 Å². The van der Waals surface area contributed by atoms with E-state index >= 15 is 0 Å². The van der Waals surface area contributed by atoms with Gasteiger partial charge in [-0.15, -0.1) is 0 Å². The van der Waals surface area contributed by atoms with Gasteiger partial charge in [0.05, 0.1) is 0 Å². The number of hydrogen-bond donors (Lipinski definition) is 4. The fourth-order valence-electron chi connectivity index (χ4n) is 1.81. The number of aromatic nitrogens is 2. The van der Waals surface area contributed by atoms with Gasteiger partial charge in [0.1, 0.15) is 5.69 Å². The molecule has 7 nitrogen and oxygen atoms in total. The molecule has 0 unspecified atom stereocenters. The monoisotopic (exact) mass is 239 g/mol. The van der Waals surface area contributed by atoms with Crippen LogP contribution < -0.4 is 16.3 Å². The van der Waals surface area contributed by atoms with Gasteiger partial charge in [0.25, 0.3) is 5.91 Å². The highest BCUT2D eigenvalue weighted by Crippen LogP contribution is 1.91. The Hall–Kier alpha value is -1.60. The van der Waals surface area contributed by atoms with Gasteiger partial charge >= 0.3 is 5.69 Å². The van der Waals surface area contributed by atoms with E-state index in [0.29, 0.717) is 6.54 Å². The Balaban J connectivity index is 1.71. The number of rotatable bonds is 4. The lowest BCUT2D eigenvalue weighted by Gasteiger charge is -2.26. The molecule has 0 spiro atoms. The van der Waals surface area contributed by atoms with Crippen LogP contribution in [0.2, 0.25) is 0 Å². The zero-order valence-corrected chi connectivity index (χ0v) is 9.58. The van der Waals surface area contributed by atoms with Crippen molar-refractivity contribution in [2.45, 2.75) is 0 Å². The molecule has 2 heterocycles. The highest BCUT2D eigenvalue weighted by molar-refractivity contribution is 5.91. The second kappa shape index (κ2) is 5.65. The summed E-state index contributed by atoms with van der Waals surface area (Å²) in [5.41, 5.74) is -0.0902. The quantitative estimate of drug-likeness (QED) is 0.506. The molecule has 0 aromatic carbocycles. The summed E-state index contributed by atoms with van der Waals surface area (Å²) in [6, 6.07) is 0. The number of imidazole rings is 1. The third-order valence-corrected chi connectivity index (χ3v) is 2.76. The van der Waals surface area contributed by atoms with Crippen molar-refractivity contribution < 1.29 is 4.79 Å². The minimum atomic E-state index is -0.364. The molecule has 0 bridgehead atoms. The van der Waals surface area contributed by atoms with E-state index in [1.54, 1.807) is 0 Å². The van der Waals surface area contributed by atoms with Crippen LogP contribution in [0.1, 0.15) is 10.5 Å². The predicted molar refractivity (Wildman–Crippen MR) is 63.1 cm³/mol. The summed E-state index contributed by atoms with van der Waals surface area (Å²) in [6.07, 6.45) is 1.38. The first kappa shape index (κ1) is 11.9. The summed E-state index contributed by atoms with van der Waals surface area (Å²) in [7, 11) is 0. The van der Waals surface area contributed by atoms with E-state index in [1.807, 2.05) is 0 Å². The number of carbonyl (C=O) groups excluding carboxylic acids is 1. The Bertz CT molecular complexity index is 418. The summed E-state index contributed by atoms with van der Waals surface area (Å²) in [4.78, 5) is 29.5. The summed E-state index contributed by atoms with van der Waals surface area (Å²) in [5.74, 6) is -0.251. The van der Waals surface area contributed by atoms with Crippen LogP contribution in [0.25, 0.3) is 0 Å². The van der Waals surface area contributed by atoms with Crippen LogP contribution in [0.15, 0.2) is 11.0 Å². The third kappa shape index (κ3) is 3.43. The number of nitrogens with zero attached hydrogens (tertiary/aromatic N) is 1. The van der Waals surface area contributed by atoms with Gasteiger partial charge in [-0.2, -0.15) is 0 Å². The molecule has 94 valence electrons. The molecule has 1 aromatic rings. The summed E-state index contributed by atoms with van der Waals surface area (Å²) in [6.45, 7) is 5.44. The van der Waals surface area contributed by atoms with Gasteiger partial charge in [0, 0.05) is 45.5 Å². The molecule has 1 aliphatic heterocycles. The number of carbonyl (C=O) groups is 1. The van der Waals surface area contributed by atoms with Crippen molar-refractivity contribution in [2.24, 2.45) is 0 Å². The van der Waals surface area contributed by atoms with Crippen molar-refractivity contribution in [3.05, 3.63) is 22.4 Å². The number of piperazine rings is 1. The number of aromatic amines is 2. The van der Waals surface area contributed by atoms with Crippen LogP contribution >= 0.6 is 0 Å². The first-order valence-corrected chi connectivity index (χ1v) is 5.74. The summed E-state index contributed by atoms with van der Waals surface area (Å²) >= 11 is 0. The molecule has 1 fully saturated rings. The molecule has 0 aliphatic carbocycles. The molecule has 0 atom stereocenters. The zero-order valence-electron chi connectivity index (χ0n) is 9.58. The van der Waals surface area contributed by atoms with E-state index in [9.17, 15) is 9.59 Å². The summed E-state index contributed by atoms with van der Waals surface area (Å²) in [5, 5.41) is 6.04. The van der Waals surface area contributed by atoms with Crippen molar-refractivity contribution >= 4 is 5.91 Å². The molecular formula is C10H17N5O2. The van der Waals surface area contributed by atoms with Crippen LogP contribution in [-0.4, -0.2) is 60.0 Å². The molecule has 2 rings (SSSR count). The molecular weight excluding hydrogens is 222 g/mol. The normalized spacial score (nSPS) is 16.9. The average molecular weight is 239 g/mol. The largest absolute Gasteiger partial charge is 0.349 e. The van der Waals surface area contributed by atoms with E-state index in [0.717, 1.165) is 32.7 Å². The molecule has 1 aromatic heterocycles. The van der Waals surface area contributed by atoms with E-state index < -0.39 is 0 Å². The van der Waals surface area contributed by atoms with Crippen molar-refractivity contribution in [2.75, 3.05) is 39.3 Å². The van der Waals surface area contributed by atoms with Gasteiger partial charge in [-0.3, -0.25) is 9.69 Å². The Labute approximate surface area is 98.6 Å². The number of H-pyrrole nitrogens is 2. The van der Waals surface area contributed by atoms with Gasteiger partial charge in [-0.05, 0) is 0 Å². The average Bonchev–Trinajstić information content (AvgIpc) is 2.77. The van der Waals surface area contributed by atoms with Gasteiger partial charge in [0.15, 0.2) is 0 Å². The van der Waals surface area contributed by atoms with Crippen LogP contribution in [0, 0.1) is 0 Å². The van der Waals surface area contributed by atoms with E-state index in [1.165, 1.54) is 6.20 Å². The third-order valence-electron chi connectivity index (χ3n) is 2.76. The predicted octanol–water partition coefficient (Wildman–Crippen LogP) is -1.66. The molecule has 7 heteroatoms. The Morgan fingerprint density at radius 2 is 2.18 bits per heavy atom. The minimum absolute atomic E-state index is 0.251. The number of hydrogen-bond acceptors (Lipinski definition) is 4. The van der Waals surface area contributed by atoms with Crippen molar-refractivity contribution in [1.29, 1.82) is 0 Å². The van der Waals surface area contributed by atoms with Crippen LogP contribution in [0.3, 0.4) is 0 Å². The fraction of sp³-hybridized carbons (Fsp3) is 0.600. The smallest absolute Gasteiger partial charge is 0.323 e. The molecule has 1 saturated heterocycles. The molecule has 0 radical (unpaired) electrons. The van der Waals surface area contributed by atoms with Crippen molar-refractivity contribution in [3.63, 3.8) is 0 Å². The molecule has 1 amide bonds. The van der Waals surface area contributed by atoms with Gasteiger partial charge in [-0.25, -0.2) is 4.79 Å². The maximum Gasteiger partial charge on any atom is 0.323 e. The topological polar surface area (TPSA) is 93.0 Å².